The first-order valence-electron chi connectivity index (χ1n) is 14.0. The first-order valence-corrected chi connectivity index (χ1v) is 15.9. The van der Waals surface area contributed by atoms with E-state index in [4.69, 9.17) is 38.0 Å². The molecule has 0 N–H and O–H groups in total. The highest BCUT2D eigenvalue weighted by atomic mass is 32.2. The molecular formula is C28H27B3FN7O4S. The summed E-state index contributed by atoms with van der Waals surface area (Å²) in [6.07, 6.45) is 6.62. The molecule has 1 atom stereocenters. The average molecular weight is 609 g/mol. The Hall–Kier alpha value is -3.78. The van der Waals surface area contributed by atoms with Crippen LogP contribution in [0, 0.1) is 11.7 Å². The van der Waals surface area contributed by atoms with E-state index in [-0.39, 0.29) is 40.2 Å². The quantitative estimate of drug-likeness (QED) is 0.244. The van der Waals surface area contributed by atoms with Gasteiger partial charge in [-0.3, -0.25) is 9.97 Å². The van der Waals surface area contributed by atoms with Crippen LogP contribution in [0.2, 0.25) is 0 Å². The highest BCUT2D eigenvalue weighted by Gasteiger charge is 2.36. The molecule has 0 saturated carbocycles. The summed E-state index contributed by atoms with van der Waals surface area (Å²) in [5.74, 6) is -0.510. The first-order chi connectivity index (χ1) is 20.9. The molecular weight excluding hydrogens is 582 g/mol. The predicted molar refractivity (Wildman–Crippen MR) is 164 cm³/mol. The Morgan fingerprint density at radius 1 is 1.18 bits per heavy atom. The number of aryl methyl sites for hydroxylation is 1. The summed E-state index contributed by atoms with van der Waals surface area (Å²) in [7, 11) is 15.9. The fraction of sp³-hybridized carbons (Fsp3) is 0.393. The van der Waals surface area contributed by atoms with Crippen LogP contribution >= 0.6 is 0 Å². The minimum Gasteiger partial charge on any atom is -0.477 e. The number of aromatic nitrogens is 7. The van der Waals surface area contributed by atoms with Crippen LogP contribution in [0.3, 0.4) is 0 Å². The Morgan fingerprint density at radius 2 is 1.93 bits per heavy atom. The molecule has 0 aromatic carbocycles. The Morgan fingerprint density at radius 3 is 2.59 bits per heavy atom. The average Bonchev–Trinajstić information content (AvgIpc) is 3.53. The van der Waals surface area contributed by atoms with E-state index < -0.39 is 26.8 Å². The fourth-order valence-corrected chi connectivity index (χ4v) is 6.78. The molecule has 11 nitrogen and oxygen atoms in total. The Labute approximate surface area is 257 Å². The van der Waals surface area contributed by atoms with Crippen molar-refractivity contribution in [1.29, 1.82) is 0 Å². The molecule has 16 heteroatoms. The van der Waals surface area contributed by atoms with Crippen molar-refractivity contribution >= 4 is 55.3 Å². The summed E-state index contributed by atoms with van der Waals surface area (Å²) >= 11 is 0. The van der Waals surface area contributed by atoms with Gasteiger partial charge < -0.3 is 14.0 Å². The number of ether oxygens (including phenoxy) is 2. The van der Waals surface area contributed by atoms with Crippen molar-refractivity contribution in [3.8, 4) is 17.1 Å². The summed E-state index contributed by atoms with van der Waals surface area (Å²) in [6, 6.07) is 3.88. The maximum atomic E-state index is 15.7. The van der Waals surface area contributed by atoms with Gasteiger partial charge in [-0.25, -0.2) is 22.5 Å². The molecule has 0 spiro atoms. The number of halogens is 1. The van der Waals surface area contributed by atoms with Crippen LogP contribution in [-0.4, -0.2) is 92.5 Å². The van der Waals surface area contributed by atoms with Gasteiger partial charge >= 0.3 is 0 Å². The lowest BCUT2D eigenvalue weighted by Gasteiger charge is -2.32. The van der Waals surface area contributed by atoms with Crippen LogP contribution in [0.25, 0.3) is 33.2 Å². The van der Waals surface area contributed by atoms with Crippen molar-refractivity contribution in [3.05, 3.63) is 54.0 Å². The first kappa shape index (κ1) is 30.3. The van der Waals surface area contributed by atoms with E-state index in [0.29, 0.717) is 53.7 Å². The van der Waals surface area contributed by atoms with Crippen LogP contribution in [0.5, 0.6) is 5.88 Å². The third kappa shape index (κ3) is 5.17. The second-order valence-electron chi connectivity index (χ2n) is 10.9. The van der Waals surface area contributed by atoms with Crippen molar-refractivity contribution in [2.24, 2.45) is 13.0 Å². The predicted octanol–water partition coefficient (Wildman–Crippen LogP) is 2.35. The maximum Gasteiger partial charge on any atom is 0.225 e. The molecule has 1 unspecified atom stereocenters. The molecule has 0 bridgehead atoms. The van der Waals surface area contributed by atoms with Gasteiger partial charge in [0.15, 0.2) is 9.84 Å². The molecule has 1 fully saturated rings. The van der Waals surface area contributed by atoms with E-state index in [1.807, 2.05) is 0 Å². The lowest BCUT2D eigenvalue weighted by molar-refractivity contribution is 0.0542. The zero-order chi connectivity index (χ0) is 31.4. The number of nitrogens with zero attached hydrogens (tertiary/aromatic N) is 7. The Kier molecular flexibility index (Phi) is 7.77. The van der Waals surface area contributed by atoms with Gasteiger partial charge in [0.05, 0.1) is 75.9 Å². The third-order valence-corrected chi connectivity index (χ3v) is 8.93. The molecule has 6 rings (SSSR count). The molecule has 1 aliphatic heterocycles. The largest absolute Gasteiger partial charge is 0.477 e. The van der Waals surface area contributed by atoms with Crippen LogP contribution in [-0.2, 0) is 26.7 Å². The monoisotopic (exact) mass is 609 g/mol. The molecule has 5 aromatic rings. The van der Waals surface area contributed by atoms with Crippen molar-refractivity contribution in [3.63, 3.8) is 0 Å². The Bertz CT molecular complexity index is 1990. The molecule has 1 saturated heterocycles. The van der Waals surface area contributed by atoms with Gasteiger partial charge in [0.1, 0.15) is 16.2 Å². The molecule has 220 valence electrons. The SMILES string of the molecule is [B]C([B])([B])c1nnn(C)c1-c1cnc2c3c(OCC)ncc(S(C)(=O)=O)c3n(C(c3ncccc3F)C3CCOCC3)c2c1. The normalized spacial score (nSPS) is 15.6. The van der Waals surface area contributed by atoms with Crippen molar-refractivity contribution < 1.29 is 22.3 Å². The summed E-state index contributed by atoms with van der Waals surface area (Å²) in [6.45, 7) is 2.97. The van der Waals surface area contributed by atoms with Crippen LogP contribution in [0.1, 0.15) is 37.2 Å². The summed E-state index contributed by atoms with van der Waals surface area (Å²) in [4.78, 5) is 13.6. The second kappa shape index (κ2) is 11.3. The van der Waals surface area contributed by atoms with Gasteiger partial charge in [-0.2, -0.15) is 0 Å². The van der Waals surface area contributed by atoms with Crippen molar-refractivity contribution in [2.75, 3.05) is 26.1 Å². The molecule has 0 aliphatic carbocycles. The maximum absolute atomic E-state index is 15.7. The third-order valence-electron chi connectivity index (χ3n) is 7.84. The Balaban J connectivity index is 1.80. The van der Waals surface area contributed by atoms with E-state index in [2.05, 4.69) is 20.3 Å². The molecule has 5 aromatic heterocycles. The minimum atomic E-state index is -3.85. The van der Waals surface area contributed by atoms with Crippen LogP contribution in [0.15, 0.2) is 41.7 Å². The second-order valence-corrected chi connectivity index (χ2v) is 12.9. The number of fused-ring (bicyclic) bond motifs is 3. The number of hydrogen-bond acceptors (Lipinski definition) is 9. The van der Waals surface area contributed by atoms with Gasteiger partial charge in [0.25, 0.3) is 0 Å². The number of rotatable bonds is 8. The zero-order valence-corrected chi connectivity index (χ0v) is 25.3. The summed E-state index contributed by atoms with van der Waals surface area (Å²) in [5.41, 5.74) is 2.33. The van der Waals surface area contributed by atoms with E-state index in [1.54, 1.807) is 30.8 Å². The standard InChI is InChI=1S/C28H27B3FN7O4S/c1-4-43-27-20-22-18(12-16(13-34-22)24-26(28(29,30)31)36-37-38(24)2)39(25(20)19(14-35-27)44(3,40)41)23(15-7-10-42-11-8-15)21-17(32)6-5-9-33-21/h5-6,9,12-15,23H,4,7-8,10-11H2,1-3H3. The fourth-order valence-electron chi connectivity index (χ4n) is 5.98. The molecule has 6 heterocycles. The van der Waals surface area contributed by atoms with Crippen molar-refractivity contribution in [2.45, 2.75) is 35.8 Å². The topological polar surface area (TPSA) is 127 Å². The van der Waals surface area contributed by atoms with Gasteiger partial charge in [0, 0.05) is 44.5 Å². The van der Waals surface area contributed by atoms with Crippen LogP contribution in [0.4, 0.5) is 4.39 Å². The lowest BCUT2D eigenvalue weighted by Crippen LogP contribution is -2.29. The molecule has 0 amide bonds. The van der Waals surface area contributed by atoms with Gasteiger partial charge in [0.2, 0.25) is 5.88 Å². The highest BCUT2D eigenvalue weighted by Crippen LogP contribution is 2.45. The van der Waals surface area contributed by atoms with Gasteiger partial charge in [-0.1, -0.05) is 10.3 Å². The highest BCUT2D eigenvalue weighted by molar-refractivity contribution is 7.91. The minimum absolute atomic E-state index is 0.0586. The molecule has 44 heavy (non-hydrogen) atoms. The van der Waals surface area contributed by atoms with E-state index in [9.17, 15) is 8.42 Å². The number of sulfone groups is 1. The van der Waals surface area contributed by atoms with E-state index in [0.717, 1.165) is 6.26 Å². The van der Waals surface area contributed by atoms with Gasteiger partial charge in [-0.15, -0.1) is 5.10 Å². The molecule has 6 radical (unpaired) electrons. The van der Waals surface area contributed by atoms with Crippen molar-refractivity contribution in [1.82, 2.24) is 34.5 Å². The molecule has 1 aliphatic rings. The summed E-state index contributed by atoms with van der Waals surface area (Å²) in [5, 5.41) is 6.71. The lowest BCUT2D eigenvalue weighted by atomic mass is 9.41. The van der Waals surface area contributed by atoms with Crippen LogP contribution < -0.4 is 4.74 Å². The van der Waals surface area contributed by atoms with E-state index in [1.165, 1.54) is 29.2 Å². The van der Waals surface area contributed by atoms with Gasteiger partial charge in [-0.05, 0) is 43.9 Å². The zero-order valence-electron chi connectivity index (χ0n) is 24.4. The van der Waals surface area contributed by atoms with E-state index >= 15 is 4.39 Å². The smallest absolute Gasteiger partial charge is 0.225 e. The summed E-state index contributed by atoms with van der Waals surface area (Å²) < 4.78 is 57.2. The number of hydrogen-bond donors (Lipinski definition) is 0. The number of pyridine rings is 3.